The van der Waals surface area contributed by atoms with Gasteiger partial charge < -0.3 is 15.3 Å². The molecule has 0 aliphatic carbocycles. The zero-order valence-corrected chi connectivity index (χ0v) is 12.4. The number of rotatable bonds is 6. The number of carboxylic acid groups (broad SMARTS) is 1. The van der Waals surface area contributed by atoms with E-state index in [2.05, 4.69) is 5.32 Å². The number of hydrogen-bond donors (Lipinski definition) is 2. The van der Waals surface area contributed by atoms with Crippen molar-refractivity contribution in [3.8, 4) is 0 Å². The number of benzene rings is 1. The van der Waals surface area contributed by atoms with Gasteiger partial charge in [0.1, 0.15) is 0 Å². The molecule has 2 N–H and O–H groups in total. The lowest BCUT2D eigenvalue weighted by atomic mass is 10.2. The van der Waals surface area contributed by atoms with Gasteiger partial charge in [-0.2, -0.15) is 0 Å². The first kappa shape index (κ1) is 16.3. The molecule has 1 aromatic rings. The van der Waals surface area contributed by atoms with Gasteiger partial charge in [-0.25, -0.2) is 4.79 Å². The van der Waals surface area contributed by atoms with Crippen molar-refractivity contribution < 1.29 is 14.7 Å². The number of nitrogens with one attached hydrogen (secondary N) is 1. The number of carbonyl (C=O) groups is 2. The van der Waals surface area contributed by atoms with E-state index in [0.717, 1.165) is 5.56 Å². The summed E-state index contributed by atoms with van der Waals surface area (Å²) in [5.41, 5.74) is 0.896. The van der Waals surface area contributed by atoms with E-state index in [1.165, 1.54) is 4.90 Å². The Hall–Kier alpha value is -1.75. The van der Waals surface area contributed by atoms with Crippen LogP contribution in [0.3, 0.4) is 0 Å². The van der Waals surface area contributed by atoms with Crippen LogP contribution in [-0.4, -0.2) is 34.6 Å². The number of amides is 2. The predicted octanol–water partition coefficient (Wildman–Crippen LogP) is 2.73. The molecule has 6 heteroatoms. The van der Waals surface area contributed by atoms with Gasteiger partial charge in [-0.1, -0.05) is 23.7 Å². The third kappa shape index (κ3) is 5.48. The summed E-state index contributed by atoms with van der Waals surface area (Å²) in [6.45, 7) is 4.24. The summed E-state index contributed by atoms with van der Waals surface area (Å²) in [4.78, 5) is 24.1. The minimum atomic E-state index is -0.918. The minimum Gasteiger partial charge on any atom is -0.481 e. The molecule has 5 nitrogen and oxygen atoms in total. The van der Waals surface area contributed by atoms with E-state index in [1.807, 2.05) is 26.0 Å². The van der Waals surface area contributed by atoms with Gasteiger partial charge in [0.15, 0.2) is 0 Å². The van der Waals surface area contributed by atoms with Crippen LogP contribution in [0.5, 0.6) is 0 Å². The highest BCUT2D eigenvalue weighted by atomic mass is 35.5. The maximum atomic E-state index is 12.0. The molecule has 1 aromatic carbocycles. The summed E-state index contributed by atoms with van der Waals surface area (Å²) in [7, 11) is 0. The molecular formula is C14H19ClN2O3. The van der Waals surface area contributed by atoms with Gasteiger partial charge in [0.25, 0.3) is 0 Å². The van der Waals surface area contributed by atoms with Crippen molar-refractivity contribution in [1.82, 2.24) is 10.2 Å². The summed E-state index contributed by atoms with van der Waals surface area (Å²) < 4.78 is 0. The Balaban J connectivity index is 2.55. The third-order valence-electron chi connectivity index (χ3n) is 2.78. The number of hydrogen-bond acceptors (Lipinski definition) is 2. The van der Waals surface area contributed by atoms with E-state index in [-0.39, 0.29) is 25.0 Å². The second-order valence-corrected chi connectivity index (χ2v) is 5.16. The third-order valence-corrected chi connectivity index (χ3v) is 3.02. The van der Waals surface area contributed by atoms with Crippen molar-refractivity contribution in [2.24, 2.45) is 0 Å². The summed E-state index contributed by atoms with van der Waals surface area (Å²) >= 11 is 5.87. The molecule has 0 radical (unpaired) electrons. The van der Waals surface area contributed by atoms with Crippen LogP contribution in [0.1, 0.15) is 25.8 Å². The molecule has 0 saturated carbocycles. The predicted molar refractivity (Wildman–Crippen MR) is 77.8 cm³/mol. The van der Waals surface area contributed by atoms with Crippen LogP contribution >= 0.6 is 11.6 Å². The van der Waals surface area contributed by atoms with Crippen molar-refractivity contribution in [3.63, 3.8) is 0 Å². The molecule has 0 heterocycles. The van der Waals surface area contributed by atoms with E-state index in [1.54, 1.807) is 12.1 Å². The van der Waals surface area contributed by atoms with Crippen molar-refractivity contribution in [1.29, 1.82) is 0 Å². The molecule has 2 amide bonds. The van der Waals surface area contributed by atoms with Crippen LogP contribution in [0.2, 0.25) is 5.02 Å². The standard InChI is InChI=1S/C14H19ClN2O3/c1-10(2)17(7-6-13(18)19)14(20)16-9-11-4-3-5-12(15)8-11/h3-5,8,10H,6-7,9H2,1-2H3,(H,16,20)(H,18,19). The molecule has 0 aliphatic rings. The minimum absolute atomic E-state index is 0.0614. The summed E-state index contributed by atoms with van der Waals surface area (Å²) in [6.07, 6.45) is -0.0667. The second kappa shape index (κ2) is 7.75. The Morgan fingerprint density at radius 1 is 1.40 bits per heavy atom. The number of aliphatic carboxylic acids is 1. The fraction of sp³-hybridized carbons (Fsp3) is 0.429. The largest absolute Gasteiger partial charge is 0.481 e. The first-order valence-electron chi connectivity index (χ1n) is 6.41. The smallest absolute Gasteiger partial charge is 0.317 e. The lowest BCUT2D eigenvalue weighted by Gasteiger charge is -2.26. The fourth-order valence-corrected chi connectivity index (χ4v) is 1.95. The highest BCUT2D eigenvalue weighted by Gasteiger charge is 2.17. The highest BCUT2D eigenvalue weighted by Crippen LogP contribution is 2.10. The molecular weight excluding hydrogens is 280 g/mol. The topological polar surface area (TPSA) is 69.6 Å². The average molecular weight is 299 g/mol. The van der Waals surface area contributed by atoms with E-state index >= 15 is 0 Å². The summed E-state index contributed by atoms with van der Waals surface area (Å²) in [5, 5.41) is 12.1. The van der Waals surface area contributed by atoms with E-state index in [0.29, 0.717) is 11.6 Å². The Kier molecular flexibility index (Phi) is 6.31. The van der Waals surface area contributed by atoms with Gasteiger partial charge in [-0.05, 0) is 31.5 Å². The molecule has 0 aliphatic heterocycles. The lowest BCUT2D eigenvalue weighted by molar-refractivity contribution is -0.137. The van der Waals surface area contributed by atoms with E-state index in [4.69, 9.17) is 16.7 Å². The fourth-order valence-electron chi connectivity index (χ4n) is 1.74. The van der Waals surface area contributed by atoms with Gasteiger partial charge in [0, 0.05) is 24.2 Å². The SMILES string of the molecule is CC(C)N(CCC(=O)O)C(=O)NCc1cccc(Cl)c1. The Bertz CT molecular complexity index is 477. The molecule has 0 bridgehead atoms. The summed E-state index contributed by atoms with van der Waals surface area (Å²) in [6, 6.07) is 6.88. The van der Waals surface area contributed by atoms with Crippen molar-refractivity contribution >= 4 is 23.6 Å². The maximum Gasteiger partial charge on any atom is 0.317 e. The first-order valence-corrected chi connectivity index (χ1v) is 6.78. The monoisotopic (exact) mass is 298 g/mol. The molecule has 0 aromatic heterocycles. The van der Waals surface area contributed by atoms with Gasteiger partial charge >= 0.3 is 12.0 Å². The molecule has 0 atom stereocenters. The van der Waals surface area contributed by atoms with Crippen molar-refractivity contribution in [3.05, 3.63) is 34.9 Å². The van der Waals surface area contributed by atoms with Crippen LogP contribution < -0.4 is 5.32 Å². The Morgan fingerprint density at radius 3 is 2.65 bits per heavy atom. The zero-order chi connectivity index (χ0) is 15.1. The van der Waals surface area contributed by atoms with Gasteiger partial charge in [0.2, 0.25) is 0 Å². The molecule has 0 unspecified atom stereocenters. The molecule has 0 saturated heterocycles. The average Bonchev–Trinajstić information content (AvgIpc) is 2.36. The summed E-state index contributed by atoms with van der Waals surface area (Å²) in [5.74, 6) is -0.918. The first-order chi connectivity index (χ1) is 9.40. The molecule has 1 rings (SSSR count). The van der Waals surface area contributed by atoms with Crippen LogP contribution in [0.25, 0.3) is 0 Å². The maximum absolute atomic E-state index is 12.0. The van der Waals surface area contributed by atoms with Crippen LogP contribution in [0, 0.1) is 0 Å². The molecule has 0 fully saturated rings. The van der Waals surface area contributed by atoms with Crippen LogP contribution in [-0.2, 0) is 11.3 Å². The lowest BCUT2D eigenvalue weighted by Crippen LogP contribution is -2.44. The number of nitrogens with zero attached hydrogens (tertiary/aromatic N) is 1. The number of carbonyl (C=O) groups excluding carboxylic acids is 1. The molecule has 110 valence electrons. The van der Waals surface area contributed by atoms with Crippen LogP contribution in [0.15, 0.2) is 24.3 Å². The van der Waals surface area contributed by atoms with Gasteiger partial charge in [-0.15, -0.1) is 0 Å². The number of urea groups is 1. The van der Waals surface area contributed by atoms with Crippen molar-refractivity contribution in [2.45, 2.75) is 32.9 Å². The molecule has 20 heavy (non-hydrogen) atoms. The van der Waals surface area contributed by atoms with Gasteiger partial charge in [0.05, 0.1) is 6.42 Å². The quantitative estimate of drug-likeness (QED) is 0.848. The Labute approximate surface area is 123 Å². The van der Waals surface area contributed by atoms with Gasteiger partial charge in [-0.3, -0.25) is 4.79 Å². The second-order valence-electron chi connectivity index (χ2n) is 4.72. The number of halogens is 1. The van der Waals surface area contributed by atoms with Crippen molar-refractivity contribution in [2.75, 3.05) is 6.54 Å². The zero-order valence-electron chi connectivity index (χ0n) is 11.6. The Morgan fingerprint density at radius 2 is 2.10 bits per heavy atom. The van der Waals surface area contributed by atoms with Crippen LogP contribution in [0.4, 0.5) is 4.79 Å². The molecule has 0 spiro atoms. The highest BCUT2D eigenvalue weighted by molar-refractivity contribution is 6.30. The normalized spacial score (nSPS) is 10.4. The van der Waals surface area contributed by atoms with E-state index < -0.39 is 5.97 Å². The number of carboxylic acids is 1. The van der Waals surface area contributed by atoms with E-state index in [9.17, 15) is 9.59 Å².